The Morgan fingerprint density at radius 3 is 2.94 bits per heavy atom. The minimum atomic E-state index is -1.03. The molecule has 2 rings (SSSR count). The van der Waals surface area contributed by atoms with Crippen molar-refractivity contribution in [2.45, 2.75) is 13.5 Å². The van der Waals surface area contributed by atoms with E-state index < -0.39 is 5.97 Å². The van der Waals surface area contributed by atoms with Crippen LogP contribution in [0.4, 0.5) is 11.4 Å². The number of benzene rings is 1. The van der Waals surface area contributed by atoms with Crippen LogP contribution in [0.2, 0.25) is 0 Å². The van der Waals surface area contributed by atoms with Gasteiger partial charge in [-0.2, -0.15) is 0 Å². The van der Waals surface area contributed by atoms with Crippen LogP contribution in [-0.4, -0.2) is 16.2 Å². The molecule has 0 spiro atoms. The average molecular weight is 247 g/mol. The number of nitrogens with zero attached hydrogens (tertiary/aromatic N) is 1. The van der Waals surface area contributed by atoms with Crippen molar-refractivity contribution in [2.75, 3.05) is 11.1 Å². The summed E-state index contributed by atoms with van der Waals surface area (Å²) >= 11 is 0. The van der Waals surface area contributed by atoms with E-state index in [0.29, 0.717) is 23.7 Å². The molecule has 1 aromatic heterocycles. The lowest BCUT2D eigenvalue weighted by Crippen LogP contribution is -2.08. The highest BCUT2D eigenvalue weighted by atomic mass is 16.5. The van der Waals surface area contributed by atoms with Gasteiger partial charge in [0.05, 0.1) is 29.2 Å². The number of carboxylic acid groups (broad SMARTS) is 1. The molecule has 0 unspecified atom stereocenters. The smallest absolute Gasteiger partial charge is 0.337 e. The van der Waals surface area contributed by atoms with Crippen molar-refractivity contribution in [2.24, 2.45) is 0 Å². The summed E-state index contributed by atoms with van der Waals surface area (Å²) in [4.78, 5) is 11.1. The molecule has 4 N–H and O–H groups in total. The lowest BCUT2D eigenvalue weighted by Gasteiger charge is -2.10. The standard InChI is InChI=1S/C12H13N3O3/c1-7-5-8(18-15-7)6-14-11-9(12(16)17)3-2-4-10(11)13/h2-5,14H,6,13H2,1H3,(H,16,17). The van der Waals surface area contributed by atoms with Gasteiger partial charge in [-0.15, -0.1) is 0 Å². The number of nitrogen functional groups attached to an aromatic ring is 1. The highest BCUT2D eigenvalue weighted by Gasteiger charge is 2.12. The van der Waals surface area contributed by atoms with Crippen LogP contribution >= 0.6 is 0 Å². The molecular weight excluding hydrogens is 234 g/mol. The Morgan fingerprint density at radius 2 is 2.33 bits per heavy atom. The molecule has 0 bridgehead atoms. The fraction of sp³-hybridized carbons (Fsp3) is 0.167. The van der Waals surface area contributed by atoms with E-state index in [9.17, 15) is 4.79 Å². The Labute approximate surface area is 103 Å². The van der Waals surface area contributed by atoms with Crippen LogP contribution in [0.15, 0.2) is 28.8 Å². The number of aryl methyl sites for hydroxylation is 1. The SMILES string of the molecule is Cc1cc(CNc2c(N)cccc2C(=O)O)on1. The quantitative estimate of drug-likeness (QED) is 0.713. The Kier molecular flexibility index (Phi) is 3.18. The van der Waals surface area contributed by atoms with Crippen LogP contribution in [-0.2, 0) is 6.54 Å². The highest BCUT2D eigenvalue weighted by molar-refractivity contribution is 5.97. The third kappa shape index (κ3) is 2.42. The van der Waals surface area contributed by atoms with E-state index in [4.69, 9.17) is 15.4 Å². The minimum absolute atomic E-state index is 0.131. The topological polar surface area (TPSA) is 101 Å². The molecule has 6 heteroatoms. The molecule has 0 atom stereocenters. The third-order valence-electron chi connectivity index (χ3n) is 2.44. The largest absolute Gasteiger partial charge is 0.478 e. The fourth-order valence-corrected chi connectivity index (χ4v) is 1.62. The number of para-hydroxylation sites is 1. The van der Waals surface area contributed by atoms with Gasteiger partial charge < -0.3 is 20.7 Å². The molecular formula is C12H13N3O3. The Balaban J connectivity index is 2.20. The van der Waals surface area contributed by atoms with Crippen LogP contribution in [0.5, 0.6) is 0 Å². The number of hydrogen-bond acceptors (Lipinski definition) is 5. The zero-order chi connectivity index (χ0) is 13.1. The lowest BCUT2D eigenvalue weighted by atomic mass is 10.1. The summed E-state index contributed by atoms with van der Waals surface area (Å²) in [6.45, 7) is 2.14. The van der Waals surface area contributed by atoms with Gasteiger partial charge in [-0.05, 0) is 19.1 Å². The summed E-state index contributed by atoms with van der Waals surface area (Å²) in [6.07, 6.45) is 0. The van der Waals surface area contributed by atoms with E-state index in [0.717, 1.165) is 5.69 Å². The Hall–Kier alpha value is -2.50. The number of hydrogen-bond donors (Lipinski definition) is 3. The van der Waals surface area contributed by atoms with Crippen molar-refractivity contribution < 1.29 is 14.4 Å². The zero-order valence-electron chi connectivity index (χ0n) is 9.80. The maximum Gasteiger partial charge on any atom is 0.337 e. The Bertz CT molecular complexity index is 578. The summed E-state index contributed by atoms with van der Waals surface area (Å²) in [7, 11) is 0. The first-order valence-electron chi connectivity index (χ1n) is 5.36. The molecule has 0 aliphatic carbocycles. The van der Waals surface area contributed by atoms with Gasteiger partial charge in [0, 0.05) is 6.07 Å². The summed E-state index contributed by atoms with van der Waals surface area (Å²) < 4.78 is 5.03. The molecule has 0 aliphatic heterocycles. The first kappa shape index (κ1) is 12.0. The molecule has 94 valence electrons. The highest BCUT2D eigenvalue weighted by Crippen LogP contribution is 2.24. The number of aromatic nitrogens is 1. The lowest BCUT2D eigenvalue weighted by molar-refractivity contribution is 0.0698. The van der Waals surface area contributed by atoms with Gasteiger partial charge in [0.15, 0.2) is 5.76 Å². The number of rotatable bonds is 4. The molecule has 0 amide bonds. The molecule has 0 saturated carbocycles. The van der Waals surface area contributed by atoms with Crippen molar-refractivity contribution >= 4 is 17.3 Å². The van der Waals surface area contributed by atoms with Gasteiger partial charge in [0.25, 0.3) is 0 Å². The van der Waals surface area contributed by atoms with E-state index in [1.807, 2.05) is 6.92 Å². The molecule has 0 saturated heterocycles. The van der Waals surface area contributed by atoms with Crippen molar-refractivity contribution in [3.8, 4) is 0 Å². The predicted molar refractivity (Wildman–Crippen MR) is 66.4 cm³/mol. The van der Waals surface area contributed by atoms with Crippen molar-refractivity contribution in [1.29, 1.82) is 0 Å². The molecule has 1 aromatic carbocycles. The van der Waals surface area contributed by atoms with E-state index >= 15 is 0 Å². The van der Waals surface area contributed by atoms with Gasteiger partial charge in [-0.25, -0.2) is 4.79 Å². The monoisotopic (exact) mass is 247 g/mol. The zero-order valence-corrected chi connectivity index (χ0v) is 9.80. The minimum Gasteiger partial charge on any atom is -0.478 e. The molecule has 1 heterocycles. The number of carbonyl (C=O) groups is 1. The second kappa shape index (κ2) is 4.79. The van der Waals surface area contributed by atoms with E-state index in [1.54, 1.807) is 18.2 Å². The van der Waals surface area contributed by atoms with Crippen LogP contribution in [0.25, 0.3) is 0 Å². The predicted octanol–water partition coefficient (Wildman–Crippen LogP) is 1.88. The van der Waals surface area contributed by atoms with Gasteiger partial charge in [-0.3, -0.25) is 0 Å². The summed E-state index contributed by atoms with van der Waals surface area (Å²) in [5.74, 6) is -0.411. The maximum atomic E-state index is 11.1. The number of anilines is 2. The van der Waals surface area contributed by atoms with Crippen LogP contribution in [0, 0.1) is 6.92 Å². The van der Waals surface area contributed by atoms with Gasteiger partial charge in [0.2, 0.25) is 0 Å². The second-order valence-corrected chi connectivity index (χ2v) is 3.86. The molecule has 6 nitrogen and oxygen atoms in total. The third-order valence-corrected chi connectivity index (χ3v) is 2.44. The summed E-state index contributed by atoms with van der Waals surface area (Å²) in [5.41, 5.74) is 7.43. The second-order valence-electron chi connectivity index (χ2n) is 3.86. The van der Waals surface area contributed by atoms with Crippen LogP contribution in [0.1, 0.15) is 21.8 Å². The number of aromatic carboxylic acids is 1. The van der Waals surface area contributed by atoms with Gasteiger partial charge in [0.1, 0.15) is 0 Å². The average Bonchev–Trinajstić information content (AvgIpc) is 2.73. The summed E-state index contributed by atoms with van der Waals surface area (Å²) in [6, 6.07) is 6.50. The number of carboxylic acids is 1. The van der Waals surface area contributed by atoms with Crippen LogP contribution < -0.4 is 11.1 Å². The van der Waals surface area contributed by atoms with Crippen molar-refractivity contribution in [3.63, 3.8) is 0 Å². The molecule has 18 heavy (non-hydrogen) atoms. The molecule has 0 radical (unpaired) electrons. The van der Waals surface area contributed by atoms with Crippen molar-refractivity contribution in [3.05, 3.63) is 41.3 Å². The fourth-order valence-electron chi connectivity index (χ4n) is 1.62. The van der Waals surface area contributed by atoms with Gasteiger partial charge >= 0.3 is 5.97 Å². The van der Waals surface area contributed by atoms with E-state index in [1.165, 1.54) is 6.07 Å². The summed E-state index contributed by atoms with van der Waals surface area (Å²) in [5, 5.41) is 15.8. The number of nitrogens with two attached hydrogens (primary N) is 1. The van der Waals surface area contributed by atoms with E-state index in [-0.39, 0.29) is 5.56 Å². The first-order chi connectivity index (χ1) is 8.58. The normalized spacial score (nSPS) is 10.3. The van der Waals surface area contributed by atoms with Crippen molar-refractivity contribution in [1.82, 2.24) is 5.16 Å². The first-order valence-corrected chi connectivity index (χ1v) is 5.36. The Morgan fingerprint density at radius 1 is 1.56 bits per heavy atom. The van der Waals surface area contributed by atoms with Gasteiger partial charge in [-0.1, -0.05) is 11.2 Å². The maximum absolute atomic E-state index is 11.1. The molecule has 0 aliphatic rings. The molecule has 0 fully saturated rings. The van der Waals surface area contributed by atoms with E-state index in [2.05, 4.69) is 10.5 Å². The van der Waals surface area contributed by atoms with Crippen LogP contribution in [0.3, 0.4) is 0 Å². The number of nitrogens with one attached hydrogen (secondary N) is 1. The molecule has 2 aromatic rings.